The number of piperidine rings is 1. The van der Waals surface area contributed by atoms with Gasteiger partial charge in [0.2, 0.25) is 0 Å². The molecule has 1 saturated carbocycles. The lowest BCUT2D eigenvalue weighted by atomic mass is 9.56. The highest BCUT2D eigenvalue weighted by atomic mass is 17.2. The van der Waals surface area contributed by atoms with Gasteiger partial charge in [-0.3, -0.25) is 0 Å². The van der Waals surface area contributed by atoms with Crippen molar-refractivity contribution in [3.8, 4) is 5.75 Å². The predicted octanol–water partition coefficient (Wildman–Crippen LogP) is 5.27. The quantitative estimate of drug-likeness (QED) is 0.310. The van der Waals surface area contributed by atoms with Crippen LogP contribution in [-0.2, 0) is 21.1 Å². The Kier molecular flexibility index (Phi) is 8.00. The molecule has 168 valence electrons. The monoisotopic (exact) mass is 419 g/mol. The topological polar surface area (TPSA) is 57.2 Å². The average molecular weight is 420 g/mol. The molecule has 1 heterocycles. The molecule has 0 unspecified atom stereocenters. The van der Waals surface area contributed by atoms with Gasteiger partial charge < -0.3 is 14.4 Å². The molecule has 6 heteroatoms. The third kappa shape index (κ3) is 6.11. The lowest BCUT2D eigenvalue weighted by molar-refractivity contribution is -0.282. The molecule has 1 amide bonds. The Hall–Kier alpha value is -1.79. The summed E-state index contributed by atoms with van der Waals surface area (Å²) in [7, 11) is 1.52. The molecule has 1 aliphatic carbocycles. The van der Waals surface area contributed by atoms with Gasteiger partial charge in [0.25, 0.3) is 0 Å². The van der Waals surface area contributed by atoms with Gasteiger partial charge in [0.1, 0.15) is 12.4 Å². The van der Waals surface area contributed by atoms with E-state index < -0.39 is 0 Å². The van der Waals surface area contributed by atoms with Gasteiger partial charge in [0, 0.05) is 13.1 Å². The van der Waals surface area contributed by atoms with Crippen LogP contribution in [0.3, 0.4) is 0 Å². The van der Waals surface area contributed by atoms with Crippen LogP contribution < -0.4 is 4.74 Å². The second kappa shape index (κ2) is 10.5. The largest absolute Gasteiger partial charge is 0.494 e. The third-order valence-corrected chi connectivity index (χ3v) is 6.53. The summed E-state index contributed by atoms with van der Waals surface area (Å²) in [6.07, 6.45) is 6.94. The van der Waals surface area contributed by atoms with Gasteiger partial charge in [-0.25, -0.2) is 14.6 Å². The fourth-order valence-electron chi connectivity index (χ4n) is 4.82. The van der Waals surface area contributed by atoms with Crippen LogP contribution in [0.25, 0.3) is 0 Å². The van der Waals surface area contributed by atoms with Crippen molar-refractivity contribution in [3.05, 3.63) is 29.3 Å². The lowest BCUT2D eigenvalue weighted by Crippen LogP contribution is -2.49. The smallest absolute Gasteiger partial charge is 0.410 e. The summed E-state index contributed by atoms with van der Waals surface area (Å²) < 4.78 is 11.3. The fraction of sp³-hybridized carbons (Fsp3) is 0.708. The van der Waals surface area contributed by atoms with Crippen LogP contribution in [0, 0.1) is 18.3 Å². The van der Waals surface area contributed by atoms with Crippen LogP contribution in [-0.4, -0.2) is 43.9 Å². The molecule has 2 aliphatic rings. The minimum absolute atomic E-state index is 0.0461. The normalized spacial score (nSPS) is 18.5. The number of rotatable bonds is 9. The van der Waals surface area contributed by atoms with Crippen molar-refractivity contribution in [3.63, 3.8) is 0 Å². The van der Waals surface area contributed by atoms with E-state index in [0.29, 0.717) is 12.0 Å². The predicted molar refractivity (Wildman–Crippen MR) is 115 cm³/mol. The van der Waals surface area contributed by atoms with Crippen LogP contribution >= 0.6 is 0 Å². The van der Waals surface area contributed by atoms with E-state index in [9.17, 15) is 4.79 Å². The standard InChI is InChI=1S/C24H37NO5/c1-18(2)30-23(26)25-11-9-24(10-12-25)15-20(16-24)6-5-13-28-22-8-7-21(17-29-27-4)19(3)14-22/h7-8,14,18,20H,5-6,9-13,15-17H2,1-4H3. The second-order valence-electron chi connectivity index (χ2n) is 9.20. The third-order valence-electron chi connectivity index (χ3n) is 6.53. The van der Waals surface area contributed by atoms with Crippen molar-refractivity contribution in [1.29, 1.82) is 0 Å². The fourth-order valence-corrected chi connectivity index (χ4v) is 4.82. The SMILES string of the molecule is COOCc1ccc(OCCCC2CC3(CCN(C(=O)OC(C)C)CC3)C2)cc1C. The van der Waals surface area contributed by atoms with Crippen LogP contribution in [0.5, 0.6) is 5.75 Å². The highest BCUT2D eigenvalue weighted by molar-refractivity contribution is 5.67. The molecule has 1 aromatic rings. The summed E-state index contributed by atoms with van der Waals surface area (Å²) in [6, 6.07) is 6.09. The van der Waals surface area contributed by atoms with E-state index in [1.165, 1.54) is 26.4 Å². The van der Waals surface area contributed by atoms with E-state index in [1.807, 2.05) is 30.9 Å². The minimum Gasteiger partial charge on any atom is -0.494 e. The Bertz CT molecular complexity index is 689. The Labute approximate surface area is 180 Å². The summed E-state index contributed by atoms with van der Waals surface area (Å²) in [5.41, 5.74) is 2.72. The number of hydrogen-bond donors (Lipinski definition) is 0. The van der Waals surface area contributed by atoms with Crippen molar-refractivity contribution in [1.82, 2.24) is 4.90 Å². The first kappa shape index (κ1) is 22.9. The number of likely N-dealkylation sites (tertiary alicyclic amines) is 1. The Morgan fingerprint density at radius 1 is 1.23 bits per heavy atom. The van der Waals surface area contributed by atoms with Crippen LogP contribution in [0.4, 0.5) is 4.79 Å². The number of amides is 1. The van der Waals surface area contributed by atoms with Crippen LogP contribution in [0.15, 0.2) is 18.2 Å². The number of hydrogen-bond acceptors (Lipinski definition) is 5. The molecule has 0 bridgehead atoms. The number of benzene rings is 1. The number of ether oxygens (including phenoxy) is 2. The molecular weight excluding hydrogens is 382 g/mol. The maximum Gasteiger partial charge on any atom is 0.410 e. The summed E-state index contributed by atoms with van der Waals surface area (Å²) >= 11 is 0. The van der Waals surface area contributed by atoms with Crippen LogP contribution in [0.2, 0.25) is 0 Å². The molecule has 1 aliphatic heterocycles. The van der Waals surface area contributed by atoms with E-state index in [0.717, 1.165) is 61.8 Å². The summed E-state index contributed by atoms with van der Waals surface area (Å²) in [6.45, 7) is 8.74. The number of carbonyl (C=O) groups excluding carboxylic acids is 1. The Balaban J connectivity index is 1.30. The van der Waals surface area contributed by atoms with Gasteiger partial charge in [0.05, 0.1) is 19.8 Å². The Morgan fingerprint density at radius 2 is 1.97 bits per heavy atom. The van der Waals surface area contributed by atoms with Crippen molar-refractivity contribution in [2.45, 2.75) is 72.0 Å². The van der Waals surface area contributed by atoms with E-state index in [-0.39, 0.29) is 12.2 Å². The molecule has 0 radical (unpaired) electrons. The molecule has 0 aromatic heterocycles. The maximum absolute atomic E-state index is 12.0. The summed E-state index contributed by atoms with van der Waals surface area (Å²) in [5, 5.41) is 0. The zero-order chi connectivity index (χ0) is 21.6. The molecule has 1 spiro atoms. The minimum atomic E-state index is -0.151. The van der Waals surface area contributed by atoms with E-state index in [4.69, 9.17) is 14.4 Å². The second-order valence-corrected chi connectivity index (χ2v) is 9.20. The van der Waals surface area contributed by atoms with Crippen molar-refractivity contribution < 1.29 is 24.0 Å². The van der Waals surface area contributed by atoms with Crippen LogP contribution in [0.1, 0.15) is 63.5 Å². The molecule has 1 aromatic carbocycles. The average Bonchev–Trinajstić information content (AvgIpc) is 2.69. The summed E-state index contributed by atoms with van der Waals surface area (Å²) in [4.78, 5) is 23.6. The number of carbonyl (C=O) groups is 1. The first-order chi connectivity index (χ1) is 14.4. The van der Waals surface area contributed by atoms with Gasteiger partial charge in [-0.05, 0) is 93.9 Å². The molecule has 0 N–H and O–H groups in total. The molecular formula is C24H37NO5. The maximum atomic E-state index is 12.0. The van der Waals surface area contributed by atoms with Gasteiger partial charge >= 0.3 is 6.09 Å². The molecule has 3 rings (SSSR count). The molecule has 6 nitrogen and oxygen atoms in total. The van der Waals surface area contributed by atoms with Gasteiger partial charge in [-0.1, -0.05) is 6.07 Å². The molecule has 2 fully saturated rings. The first-order valence-corrected chi connectivity index (χ1v) is 11.2. The zero-order valence-electron chi connectivity index (χ0n) is 18.9. The number of aryl methyl sites for hydroxylation is 1. The molecule has 30 heavy (non-hydrogen) atoms. The molecule has 1 saturated heterocycles. The highest BCUT2D eigenvalue weighted by Gasteiger charge is 2.46. The zero-order valence-corrected chi connectivity index (χ0v) is 18.9. The van der Waals surface area contributed by atoms with E-state index in [1.54, 1.807) is 0 Å². The van der Waals surface area contributed by atoms with E-state index >= 15 is 0 Å². The van der Waals surface area contributed by atoms with Crippen molar-refractivity contribution in [2.24, 2.45) is 11.3 Å². The number of nitrogens with zero attached hydrogens (tertiary/aromatic N) is 1. The van der Waals surface area contributed by atoms with Crippen molar-refractivity contribution in [2.75, 3.05) is 26.8 Å². The first-order valence-electron chi connectivity index (χ1n) is 11.2. The summed E-state index contributed by atoms with van der Waals surface area (Å²) in [5.74, 6) is 1.72. The lowest BCUT2D eigenvalue weighted by Gasteiger charge is -2.52. The molecule has 0 atom stereocenters. The van der Waals surface area contributed by atoms with Gasteiger partial charge in [-0.15, -0.1) is 0 Å². The van der Waals surface area contributed by atoms with Gasteiger partial charge in [0.15, 0.2) is 0 Å². The highest BCUT2D eigenvalue weighted by Crippen LogP contribution is 2.54. The van der Waals surface area contributed by atoms with Crippen molar-refractivity contribution >= 4 is 6.09 Å². The van der Waals surface area contributed by atoms with E-state index in [2.05, 4.69) is 17.9 Å². The Morgan fingerprint density at radius 3 is 2.60 bits per heavy atom. The van der Waals surface area contributed by atoms with Gasteiger partial charge in [-0.2, -0.15) is 0 Å².